The van der Waals surface area contributed by atoms with Gasteiger partial charge in [-0.3, -0.25) is 9.35 Å². The van der Waals surface area contributed by atoms with Crippen molar-refractivity contribution in [3.05, 3.63) is 40.3 Å². The van der Waals surface area contributed by atoms with E-state index in [2.05, 4.69) is 4.28 Å². The van der Waals surface area contributed by atoms with Gasteiger partial charge in [0.1, 0.15) is 6.04 Å². The third-order valence-corrected chi connectivity index (χ3v) is 4.03. The van der Waals surface area contributed by atoms with E-state index in [1.807, 2.05) is 0 Å². The highest BCUT2D eigenvalue weighted by atomic mass is 32.3. The van der Waals surface area contributed by atoms with Crippen LogP contribution in [0.1, 0.15) is 5.69 Å². The molecule has 2 aliphatic rings. The molecule has 1 saturated heterocycles. The molecule has 9 nitrogen and oxygen atoms in total. The van der Waals surface area contributed by atoms with Crippen molar-refractivity contribution in [3.63, 3.8) is 0 Å². The van der Waals surface area contributed by atoms with Crippen LogP contribution in [0.5, 0.6) is 0 Å². The van der Waals surface area contributed by atoms with Crippen LogP contribution < -0.4 is 5.56 Å². The van der Waals surface area contributed by atoms with Crippen molar-refractivity contribution < 1.29 is 22.0 Å². The van der Waals surface area contributed by atoms with Gasteiger partial charge >= 0.3 is 16.4 Å². The lowest BCUT2D eigenvalue weighted by molar-refractivity contribution is -0.0161. The predicted octanol–water partition coefficient (Wildman–Crippen LogP) is -0.377. The molecule has 1 aromatic rings. The number of carbonyl (C=O) groups excluding carboxylic acids is 1. The molecule has 10 heteroatoms. The van der Waals surface area contributed by atoms with Gasteiger partial charge in [-0.15, -0.1) is 4.28 Å². The molecular weight excluding hydrogens is 314 g/mol. The summed E-state index contributed by atoms with van der Waals surface area (Å²) in [6.45, 7) is 0.475. The zero-order valence-electron chi connectivity index (χ0n) is 11.5. The zero-order chi connectivity index (χ0) is 16.1. The largest absolute Gasteiger partial charge is 0.418 e. The summed E-state index contributed by atoms with van der Waals surface area (Å²) in [5.41, 5.74) is 0.911. The van der Waals surface area contributed by atoms with Crippen molar-refractivity contribution >= 4 is 22.0 Å². The summed E-state index contributed by atoms with van der Waals surface area (Å²) >= 11 is 0. The van der Waals surface area contributed by atoms with Gasteiger partial charge in [-0.1, -0.05) is 12.1 Å². The molecule has 1 fully saturated rings. The first-order valence-electron chi connectivity index (χ1n) is 6.39. The molecule has 0 aromatic carbocycles. The van der Waals surface area contributed by atoms with Gasteiger partial charge in [-0.25, -0.2) is 4.79 Å². The minimum atomic E-state index is -4.82. The highest BCUT2D eigenvalue weighted by molar-refractivity contribution is 7.80. The molecule has 0 radical (unpaired) electrons. The first-order chi connectivity index (χ1) is 10.3. The molecule has 2 amide bonds. The summed E-state index contributed by atoms with van der Waals surface area (Å²) < 4.78 is 36.5. The third-order valence-electron chi connectivity index (χ3n) is 3.68. The number of urea groups is 1. The van der Waals surface area contributed by atoms with Crippen LogP contribution in [0.3, 0.4) is 0 Å². The van der Waals surface area contributed by atoms with Crippen LogP contribution in [0.15, 0.2) is 29.1 Å². The summed E-state index contributed by atoms with van der Waals surface area (Å²) in [7, 11) is -3.24. The van der Waals surface area contributed by atoms with Gasteiger partial charge in [0.25, 0.3) is 5.56 Å². The van der Waals surface area contributed by atoms with E-state index in [1.54, 1.807) is 25.3 Å². The topological polar surface area (TPSA) is 109 Å². The Bertz CT molecular complexity index is 828. The maximum absolute atomic E-state index is 12.0. The molecule has 2 bridgehead atoms. The molecule has 1 atom stereocenters. The van der Waals surface area contributed by atoms with Crippen molar-refractivity contribution in [2.45, 2.75) is 6.04 Å². The Balaban J connectivity index is 2.04. The highest BCUT2D eigenvalue weighted by Gasteiger charge is 2.45. The summed E-state index contributed by atoms with van der Waals surface area (Å²) in [5, 5.41) is 0.617. The molecule has 118 valence electrons. The van der Waals surface area contributed by atoms with Crippen molar-refractivity contribution in [1.29, 1.82) is 0 Å². The van der Waals surface area contributed by atoms with Crippen LogP contribution in [0, 0.1) is 0 Å². The van der Waals surface area contributed by atoms with E-state index in [1.165, 1.54) is 15.5 Å². The Morgan fingerprint density at radius 2 is 2.05 bits per heavy atom. The summed E-state index contributed by atoms with van der Waals surface area (Å²) in [6.07, 6.45) is 1.73. The third kappa shape index (κ3) is 2.40. The number of hydroxylamine groups is 2. The lowest BCUT2D eigenvalue weighted by Crippen LogP contribution is -2.37. The van der Waals surface area contributed by atoms with Crippen LogP contribution in [0.2, 0.25) is 0 Å². The fourth-order valence-corrected chi connectivity index (χ4v) is 3.04. The average molecular weight is 327 g/mol. The normalized spacial score (nSPS) is 21.3. The van der Waals surface area contributed by atoms with Crippen molar-refractivity contribution in [3.8, 4) is 0 Å². The number of rotatable bonds is 3. The van der Waals surface area contributed by atoms with Crippen LogP contribution >= 0.6 is 0 Å². The van der Waals surface area contributed by atoms with Gasteiger partial charge in [-0.05, 0) is 6.07 Å². The fraction of sp³-hybridized carbons (Fsp3) is 0.333. The zero-order valence-corrected chi connectivity index (χ0v) is 12.4. The molecule has 3 heterocycles. The maximum Gasteiger partial charge on any atom is 0.418 e. The average Bonchev–Trinajstić information content (AvgIpc) is 2.67. The van der Waals surface area contributed by atoms with Gasteiger partial charge in [-0.2, -0.15) is 13.5 Å². The predicted molar refractivity (Wildman–Crippen MR) is 74.9 cm³/mol. The number of nitrogens with zero attached hydrogens (tertiary/aromatic N) is 3. The number of pyridine rings is 1. The Labute approximate surface area is 125 Å². The smallest absolute Gasteiger partial charge is 0.317 e. The van der Waals surface area contributed by atoms with E-state index in [-0.39, 0.29) is 18.6 Å². The van der Waals surface area contributed by atoms with Gasteiger partial charge in [0.05, 0.1) is 6.54 Å². The van der Waals surface area contributed by atoms with Gasteiger partial charge in [0, 0.05) is 30.9 Å². The molecule has 0 aliphatic carbocycles. The van der Waals surface area contributed by atoms with E-state index >= 15 is 0 Å². The molecule has 0 spiro atoms. The molecule has 22 heavy (non-hydrogen) atoms. The number of carbonyl (C=O) groups is 1. The second-order valence-electron chi connectivity index (χ2n) is 5.00. The number of hydrogen-bond donors (Lipinski definition) is 1. The second-order valence-corrected chi connectivity index (χ2v) is 6.00. The molecule has 2 aliphatic heterocycles. The van der Waals surface area contributed by atoms with Gasteiger partial charge in [0.15, 0.2) is 0 Å². The van der Waals surface area contributed by atoms with Crippen molar-refractivity contribution in [1.82, 2.24) is 14.5 Å². The van der Waals surface area contributed by atoms with Crippen molar-refractivity contribution in [2.24, 2.45) is 7.05 Å². The fourth-order valence-electron chi connectivity index (χ4n) is 2.67. The van der Waals surface area contributed by atoms with E-state index in [4.69, 9.17) is 4.55 Å². The molecule has 0 saturated carbocycles. The lowest BCUT2D eigenvalue weighted by Gasteiger charge is -2.24. The van der Waals surface area contributed by atoms with Gasteiger partial charge in [0.2, 0.25) is 0 Å². The SMILES string of the molecule is Cn1c(C2=CCN3CC2N(OS(=O)(=O)O)C3=O)cccc1=O. The van der Waals surface area contributed by atoms with Crippen molar-refractivity contribution in [2.75, 3.05) is 13.1 Å². The van der Waals surface area contributed by atoms with Crippen LogP contribution in [-0.4, -0.2) is 52.7 Å². The first kappa shape index (κ1) is 14.8. The number of fused-ring (bicyclic) bond motifs is 2. The molecule has 3 rings (SSSR count). The monoisotopic (exact) mass is 327 g/mol. The minimum absolute atomic E-state index is 0.212. The standard InChI is InChI=1S/C12H13N3O6S/c1-13-9(3-2-4-11(13)16)8-5-6-14-7-10(8)15(12(14)17)21-22(18,19)20/h2-5,10H,6-7H2,1H3,(H,18,19,20). The van der Waals surface area contributed by atoms with E-state index in [0.29, 0.717) is 16.3 Å². The summed E-state index contributed by atoms with van der Waals surface area (Å²) in [6, 6.07) is 3.28. The summed E-state index contributed by atoms with van der Waals surface area (Å²) in [4.78, 5) is 25.2. The second kappa shape index (κ2) is 4.93. The van der Waals surface area contributed by atoms with Gasteiger partial charge < -0.3 is 9.47 Å². The lowest BCUT2D eigenvalue weighted by atomic mass is 10.00. The summed E-state index contributed by atoms with van der Waals surface area (Å²) in [5.74, 6) is 0. The minimum Gasteiger partial charge on any atom is -0.317 e. The van der Waals surface area contributed by atoms with Crippen LogP contribution in [0.4, 0.5) is 4.79 Å². The van der Waals surface area contributed by atoms with Crippen LogP contribution in [-0.2, 0) is 21.7 Å². The van der Waals surface area contributed by atoms with Crippen LogP contribution in [0.25, 0.3) is 5.57 Å². The molecule has 1 unspecified atom stereocenters. The Kier molecular flexibility index (Phi) is 3.31. The highest BCUT2D eigenvalue weighted by Crippen LogP contribution is 2.32. The number of hydrogen-bond acceptors (Lipinski definition) is 5. The Morgan fingerprint density at radius 1 is 1.32 bits per heavy atom. The van der Waals surface area contributed by atoms with E-state index in [0.717, 1.165) is 0 Å². The Hall–Kier alpha value is -2.17. The molecule has 1 N–H and O–H groups in total. The molecule has 1 aromatic heterocycles. The first-order valence-corrected chi connectivity index (χ1v) is 7.76. The number of aromatic nitrogens is 1. The quantitative estimate of drug-likeness (QED) is 0.758. The maximum atomic E-state index is 12.0. The Morgan fingerprint density at radius 3 is 2.73 bits per heavy atom. The van der Waals surface area contributed by atoms with E-state index < -0.39 is 22.5 Å². The molecular formula is C12H13N3O6S. The van der Waals surface area contributed by atoms with E-state index in [9.17, 15) is 18.0 Å². The number of amides is 2.